The third-order valence-corrected chi connectivity index (χ3v) is 5.08. The number of hydrogen-bond acceptors (Lipinski definition) is 0. The highest BCUT2D eigenvalue weighted by Crippen LogP contribution is 2.37. The predicted molar refractivity (Wildman–Crippen MR) is 96.8 cm³/mol. The van der Waals surface area contributed by atoms with E-state index < -0.39 is 0 Å². The maximum atomic E-state index is 2.56. The molecule has 0 spiro atoms. The summed E-state index contributed by atoms with van der Waals surface area (Å²) in [6.07, 6.45) is 5.08. The largest absolute Gasteiger partial charge is 0.344 e. The van der Waals surface area contributed by atoms with E-state index >= 15 is 0 Å². The van der Waals surface area contributed by atoms with E-state index in [1.807, 2.05) is 0 Å². The first-order valence-corrected chi connectivity index (χ1v) is 8.65. The molecule has 0 saturated heterocycles. The molecule has 1 aliphatic carbocycles. The standard InChI is InChI=1S/C22H23N/c1-17-22(19-12-6-3-7-13-19)20-14-8-9-15-21(20)23(17)16-18-10-4-2-5-11-18/h2-7,10-13H,8-9,14-16H2,1H3. The molecule has 1 heteroatoms. The minimum atomic E-state index is 0.988. The van der Waals surface area contributed by atoms with Gasteiger partial charge in [-0.15, -0.1) is 0 Å². The van der Waals surface area contributed by atoms with Gasteiger partial charge in [0.2, 0.25) is 0 Å². The Morgan fingerprint density at radius 3 is 2.22 bits per heavy atom. The third kappa shape index (κ3) is 2.61. The average molecular weight is 301 g/mol. The summed E-state index contributed by atoms with van der Waals surface area (Å²) in [5, 5.41) is 0. The molecule has 2 aromatic carbocycles. The van der Waals surface area contributed by atoms with E-state index in [0.29, 0.717) is 0 Å². The summed E-state index contributed by atoms with van der Waals surface area (Å²) in [7, 11) is 0. The van der Waals surface area contributed by atoms with Gasteiger partial charge in [0.1, 0.15) is 0 Å². The summed E-state index contributed by atoms with van der Waals surface area (Å²) >= 11 is 0. The predicted octanol–water partition coefficient (Wildman–Crippen LogP) is 5.39. The van der Waals surface area contributed by atoms with E-state index in [1.165, 1.54) is 48.1 Å². The van der Waals surface area contributed by atoms with E-state index in [4.69, 9.17) is 0 Å². The van der Waals surface area contributed by atoms with Crippen molar-refractivity contribution in [2.45, 2.75) is 39.2 Å². The van der Waals surface area contributed by atoms with Gasteiger partial charge in [-0.05, 0) is 49.3 Å². The third-order valence-electron chi connectivity index (χ3n) is 5.08. The molecule has 1 aromatic heterocycles. The lowest BCUT2D eigenvalue weighted by Gasteiger charge is -2.16. The first-order chi connectivity index (χ1) is 11.3. The molecule has 0 atom stereocenters. The minimum Gasteiger partial charge on any atom is -0.344 e. The van der Waals surface area contributed by atoms with Crippen molar-refractivity contribution in [3.05, 3.63) is 83.2 Å². The Balaban J connectivity index is 1.85. The van der Waals surface area contributed by atoms with Crippen LogP contribution in [-0.4, -0.2) is 4.57 Å². The van der Waals surface area contributed by atoms with Gasteiger partial charge in [-0.25, -0.2) is 0 Å². The number of nitrogens with zero attached hydrogens (tertiary/aromatic N) is 1. The molecule has 4 rings (SSSR count). The van der Waals surface area contributed by atoms with E-state index in [1.54, 1.807) is 11.3 Å². The second kappa shape index (κ2) is 6.08. The molecule has 0 amide bonds. The zero-order chi connectivity index (χ0) is 15.6. The topological polar surface area (TPSA) is 4.93 Å². The summed E-state index contributed by atoms with van der Waals surface area (Å²) in [6.45, 7) is 3.28. The van der Waals surface area contributed by atoms with Crippen LogP contribution in [0.4, 0.5) is 0 Å². The molecule has 0 unspecified atom stereocenters. The van der Waals surface area contributed by atoms with E-state index in [-0.39, 0.29) is 0 Å². The van der Waals surface area contributed by atoms with E-state index in [0.717, 1.165) is 6.54 Å². The molecule has 0 fully saturated rings. The highest BCUT2D eigenvalue weighted by atomic mass is 15.0. The van der Waals surface area contributed by atoms with Crippen molar-refractivity contribution in [3.63, 3.8) is 0 Å². The maximum absolute atomic E-state index is 2.56. The molecular weight excluding hydrogens is 278 g/mol. The molecule has 116 valence electrons. The Bertz CT molecular complexity index is 797. The molecule has 0 aliphatic heterocycles. The molecule has 23 heavy (non-hydrogen) atoms. The van der Waals surface area contributed by atoms with Crippen LogP contribution in [0, 0.1) is 6.92 Å². The van der Waals surface area contributed by atoms with Crippen LogP contribution < -0.4 is 0 Å². The van der Waals surface area contributed by atoms with Crippen LogP contribution in [0.5, 0.6) is 0 Å². The van der Waals surface area contributed by atoms with Gasteiger partial charge in [0.15, 0.2) is 0 Å². The van der Waals surface area contributed by atoms with Crippen LogP contribution in [-0.2, 0) is 19.4 Å². The number of rotatable bonds is 3. The number of fused-ring (bicyclic) bond motifs is 1. The average Bonchev–Trinajstić information content (AvgIpc) is 2.89. The molecule has 0 saturated carbocycles. The van der Waals surface area contributed by atoms with Crippen molar-refractivity contribution in [2.24, 2.45) is 0 Å². The van der Waals surface area contributed by atoms with Gasteiger partial charge in [-0.1, -0.05) is 60.7 Å². The van der Waals surface area contributed by atoms with Crippen molar-refractivity contribution in [1.82, 2.24) is 4.57 Å². The number of hydrogen-bond donors (Lipinski definition) is 0. The summed E-state index contributed by atoms with van der Waals surface area (Å²) in [5.41, 5.74) is 8.82. The molecule has 1 nitrogen and oxygen atoms in total. The summed E-state index contributed by atoms with van der Waals surface area (Å²) in [5.74, 6) is 0. The normalized spacial score (nSPS) is 13.8. The Labute approximate surface area is 138 Å². The highest BCUT2D eigenvalue weighted by molar-refractivity contribution is 5.72. The molecular formula is C22H23N. The van der Waals surface area contributed by atoms with Gasteiger partial charge in [-0.3, -0.25) is 0 Å². The second-order valence-corrected chi connectivity index (χ2v) is 6.53. The summed E-state index contributed by atoms with van der Waals surface area (Å²) in [6, 6.07) is 21.7. The zero-order valence-electron chi connectivity index (χ0n) is 13.8. The molecule has 0 bridgehead atoms. The van der Waals surface area contributed by atoms with Crippen molar-refractivity contribution in [2.75, 3.05) is 0 Å². The fraction of sp³-hybridized carbons (Fsp3) is 0.273. The van der Waals surface area contributed by atoms with Crippen LogP contribution in [0.15, 0.2) is 60.7 Å². The second-order valence-electron chi connectivity index (χ2n) is 6.53. The van der Waals surface area contributed by atoms with Crippen molar-refractivity contribution in [3.8, 4) is 11.1 Å². The molecule has 1 aliphatic rings. The molecule has 0 N–H and O–H groups in total. The van der Waals surface area contributed by atoms with Gasteiger partial charge in [-0.2, -0.15) is 0 Å². The van der Waals surface area contributed by atoms with Crippen LogP contribution in [0.25, 0.3) is 11.1 Å². The smallest absolute Gasteiger partial charge is 0.0475 e. The minimum absolute atomic E-state index is 0.988. The van der Waals surface area contributed by atoms with Crippen molar-refractivity contribution in [1.29, 1.82) is 0 Å². The van der Waals surface area contributed by atoms with Gasteiger partial charge >= 0.3 is 0 Å². The summed E-state index contributed by atoms with van der Waals surface area (Å²) in [4.78, 5) is 0. The van der Waals surface area contributed by atoms with Crippen LogP contribution >= 0.6 is 0 Å². The fourth-order valence-corrected chi connectivity index (χ4v) is 3.98. The number of benzene rings is 2. The van der Waals surface area contributed by atoms with Gasteiger partial charge in [0, 0.05) is 23.5 Å². The summed E-state index contributed by atoms with van der Waals surface area (Å²) < 4.78 is 2.56. The van der Waals surface area contributed by atoms with Gasteiger partial charge < -0.3 is 4.57 Å². The Morgan fingerprint density at radius 1 is 0.826 bits per heavy atom. The SMILES string of the molecule is Cc1c(-c2ccccc2)c2c(n1Cc1ccccc1)CCCC2. The highest BCUT2D eigenvalue weighted by Gasteiger charge is 2.23. The lowest BCUT2D eigenvalue weighted by Crippen LogP contribution is -2.10. The fourth-order valence-electron chi connectivity index (χ4n) is 3.98. The van der Waals surface area contributed by atoms with Crippen LogP contribution in [0.2, 0.25) is 0 Å². The van der Waals surface area contributed by atoms with Gasteiger partial charge in [0.05, 0.1) is 0 Å². The van der Waals surface area contributed by atoms with E-state index in [2.05, 4.69) is 72.2 Å². The van der Waals surface area contributed by atoms with Crippen LogP contribution in [0.3, 0.4) is 0 Å². The number of aromatic nitrogens is 1. The lowest BCUT2D eigenvalue weighted by molar-refractivity contribution is 0.625. The molecule has 0 radical (unpaired) electrons. The van der Waals surface area contributed by atoms with E-state index in [9.17, 15) is 0 Å². The Kier molecular flexibility index (Phi) is 3.78. The lowest BCUT2D eigenvalue weighted by atomic mass is 9.91. The first kappa shape index (κ1) is 14.3. The first-order valence-electron chi connectivity index (χ1n) is 8.65. The Morgan fingerprint density at radius 2 is 1.48 bits per heavy atom. The maximum Gasteiger partial charge on any atom is 0.0475 e. The van der Waals surface area contributed by atoms with Gasteiger partial charge in [0.25, 0.3) is 0 Å². The van der Waals surface area contributed by atoms with Crippen molar-refractivity contribution < 1.29 is 0 Å². The molecule has 3 aromatic rings. The van der Waals surface area contributed by atoms with Crippen LogP contribution in [0.1, 0.15) is 35.4 Å². The quantitative estimate of drug-likeness (QED) is 0.611. The Hall–Kier alpha value is -2.28. The zero-order valence-corrected chi connectivity index (χ0v) is 13.8. The monoisotopic (exact) mass is 301 g/mol. The van der Waals surface area contributed by atoms with Crippen molar-refractivity contribution >= 4 is 0 Å². The molecule has 1 heterocycles.